The molecular weight excluding hydrogens is 863 g/mol. The molecule has 0 radical (unpaired) electrons. The van der Waals surface area contributed by atoms with Gasteiger partial charge in [0.15, 0.2) is 0 Å². The van der Waals surface area contributed by atoms with E-state index in [1.165, 1.54) is 250 Å². The fourth-order valence-corrected chi connectivity index (χ4v) is 9.91. The molecular formula is C64H123NO5. The number of carbonyl (C=O) groups excluding carboxylic acids is 2. The molecule has 2 atom stereocenters. The van der Waals surface area contributed by atoms with Crippen molar-refractivity contribution in [1.82, 2.24) is 5.32 Å². The summed E-state index contributed by atoms with van der Waals surface area (Å²) >= 11 is 0. The molecule has 414 valence electrons. The average Bonchev–Trinajstić information content (AvgIpc) is 3.36. The zero-order valence-corrected chi connectivity index (χ0v) is 47.3. The monoisotopic (exact) mass is 986 g/mol. The second-order valence-corrected chi connectivity index (χ2v) is 21.7. The molecule has 0 aromatic rings. The molecule has 0 fully saturated rings. The van der Waals surface area contributed by atoms with E-state index in [4.69, 9.17) is 4.74 Å². The zero-order valence-electron chi connectivity index (χ0n) is 47.3. The van der Waals surface area contributed by atoms with Gasteiger partial charge in [-0.3, -0.25) is 9.59 Å². The Morgan fingerprint density at radius 1 is 0.400 bits per heavy atom. The van der Waals surface area contributed by atoms with E-state index in [0.717, 1.165) is 64.2 Å². The van der Waals surface area contributed by atoms with E-state index in [0.29, 0.717) is 25.9 Å². The maximum Gasteiger partial charge on any atom is 0.305 e. The van der Waals surface area contributed by atoms with Gasteiger partial charge in [-0.05, 0) is 57.8 Å². The number of ether oxygens (including phenoxy) is 1. The lowest BCUT2D eigenvalue weighted by Gasteiger charge is -2.22. The van der Waals surface area contributed by atoms with Gasteiger partial charge in [-0.25, -0.2) is 0 Å². The van der Waals surface area contributed by atoms with Crippen LogP contribution in [0.15, 0.2) is 24.3 Å². The highest BCUT2D eigenvalue weighted by molar-refractivity contribution is 5.76. The van der Waals surface area contributed by atoms with Crippen LogP contribution in [0, 0.1) is 0 Å². The standard InChI is InChI=1S/C64H123NO5/c1-3-5-7-9-11-13-15-17-19-21-23-24-25-26-27-28-29-30-32-34-36-40-44-48-52-56-62(67)61(60-66)65-63(68)57-53-49-45-41-38-39-43-47-51-55-59-70-64(69)58-54-50-46-42-37-35-33-31-22-20-18-16-14-12-10-8-6-4-2/h14,16,20,22,61-62,66-67H,3-13,15,17-19,21,23-60H2,1-2H3,(H,65,68)/b16-14-,22-20-. The number of aliphatic hydroxyl groups is 2. The van der Waals surface area contributed by atoms with Gasteiger partial charge < -0.3 is 20.3 Å². The summed E-state index contributed by atoms with van der Waals surface area (Å²) in [7, 11) is 0. The van der Waals surface area contributed by atoms with Crippen molar-refractivity contribution in [3.8, 4) is 0 Å². The Morgan fingerprint density at radius 3 is 1.10 bits per heavy atom. The van der Waals surface area contributed by atoms with Crippen molar-refractivity contribution in [1.29, 1.82) is 0 Å². The first-order chi connectivity index (χ1) is 34.5. The Balaban J connectivity index is 3.45. The summed E-state index contributed by atoms with van der Waals surface area (Å²) < 4.78 is 5.48. The third-order valence-corrected chi connectivity index (χ3v) is 14.8. The molecule has 0 aliphatic carbocycles. The molecule has 0 heterocycles. The summed E-state index contributed by atoms with van der Waals surface area (Å²) in [6, 6.07) is -0.561. The second kappa shape index (κ2) is 59.9. The van der Waals surface area contributed by atoms with Crippen molar-refractivity contribution >= 4 is 11.9 Å². The van der Waals surface area contributed by atoms with E-state index < -0.39 is 12.1 Å². The predicted molar refractivity (Wildman–Crippen MR) is 306 cm³/mol. The lowest BCUT2D eigenvalue weighted by Crippen LogP contribution is -2.45. The molecule has 3 N–H and O–H groups in total. The van der Waals surface area contributed by atoms with Gasteiger partial charge in [0.25, 0.3) is 0 Å². The number of carbonyl (C=O) groups is 2. The first-order valence-corrected chi connectivity index (χ1v) is 31.6. The second-order valence-electron chi connectivity index (χ2n) is 21.7. The SMILES string of the molecule is CCCCCC/C=C\C/C=C\CCCCCCCCCC(=O)OCCCCCCCCCCCCC(=O)NC(CO)C(O)CCCCCCCCCCCCCCCCCCCCCCCCCCC. The Kier molecular flexibility index (Phi) is 58.5. The lowest BCUT2D eigenvalue weighted by molar-refractivity contribution is -0.143. The minimum Gasteiger partial charge on any atom is -0.466 e. The van der Waals surface area contributed by atoms with Crippen LogP contribution in [0.4, 0.5) is 0 Å². The van der Waals surface area contributed by atoms with Crippen molar-refractivity contribution in [2.75, 3.05) is 13.2 Å². The fraction of sp³-hybridized carbons (Fsp3) is 0.906. The molecule has 0 saturated heterocycles. The van der Waals surface area contributed by atoms with Crippen LogP contribution >= 0.6 is 0 Å². The van der Waals surface area contributed by atoms with Gasteiger partial charge in [0.1, 0.15) is 0 Å². The summed E-state index contributed by atoms with van der Waals surface area (Å²) in [5, 5.41) is 23.4. The fourth-order valence-electron chi connectivity index (χ4n) is 9.91. The number of hydrogen-bond donors (Lipinski definition) is 3. The minimum atomic E-state index is -0.681. The van der Waals surface area contributed by atoms with Gasteiger partial charge in [0, 0.05) is 12.8 Å². The van der Waals surface area contributed by atoms with Gasteiger partial charge >= 0.3 is 5.97 Å². The van der Waals surface area contributed by atoms with E-state index in [9.17, 15) is 19.8 Å². The molecule has 0 aliphatic rings. The molecule has 2 unspecified atom stereocenters. The van der Waals surface area contributed by atoms with Gasteiger partial charge in [-0.1, -0.05) is 301 Å². The topological polar surface area (TPSA) is 95.9 Å². The Hall–Kier alpha value is -1.66. The molecule has 0 saturated carbocycles. The smallest absolute Gasteiger partial charge is 0.305 e. The van der Waals surface area contributed by atoms with Crippen LogP contribution in [-0.4, -0.2) is 47.4 Å². The number of esters is 1. The van der Waals surface area contributed by atoms with Crippen molar-refractivity contribution < 1.29 is 24.5 Å². The predicted octanol–water partition coefficient (Wildman–Crippen LogP) is 19.8. The molecule has 1 amide bonds. The minimum absolute atomic E-state index is 0.0247. The quantitative estimate of drug-likeness (QED) is 0.0321. The number of rotatable bonds is 59. The van der Waals surface area contributed by atoms with E-state index >= 15 is 0 Å². The third kappa shape index (κ3) is 55.7. The van der Waals surface area contributed by atoms with Crippen molar-refractivity contribution in [3.05, 3.63) is 24.3 Å². The first-order valence-electron chi connectivity index (χ1n) is 31.6. The molecule has 0 bridgehead atoms. The van der Waals surface area contributed by atoms with E-state index in [-0.39, 0.29) is 18.5 Å². The number of aliphatic hydroxyl groups excluding tert-OH is 2. The molecule has 0 spiro atoms. The van der Waals surface area contributed by atoms with Crippen LogP contribution in [-0.2, 0) is 14.3 Å². The number of unbranched alkanes of at least 4 members (excludes halogenated alkanes) is 44. The maximum absolute atomic E-state index is 12.5. The molecule has 70 heavy (non-hydrogen) atoms. The highest BCUT2D eigenvalue weighted by Gasteiger charge is 2.20. The van der Waals surface area contributed by atoms with Crippen molar-refractivity contribution in [2.24, 2.45) is 0 Å². The van der Waals surface area contributed by atoms with E-state index in [2.05, 4.69) is 43.5 Å². The van der Waals surface area contributed by atoms with E-state index in [1.54, 1.807) is 0 Å². The van der Waals surface area contributed by atoms with Crippen molar-refractivity contribution in [3.63, 3.8) is 0 Å². The average molecular weight is 987 g/mol. The molecule has 0 aromatic carbocycles. The third-order valence-electron chi connectivity index (χ3n) is 14.8. The van der Waals surface area contributed by atoms with Gasteiger partial charge in [-0.15, -0.1) is 0 Å². The molecule has 0 aromatic heterocycles. The number of nitrogens with one attached hydrogen (secondary N) is 1. The van der Waals surface area contributed by atoms with Gasteiger partial charge in [-0.2, -0.15) is 0 Å². The number of allylic oxidation sites excluding steroid dienone is 4. The summed E-state index contributed by atoms with van der Waals surface area (Å²) in [5.74, 6) is -0.0792. The Labute approximate surface area is 437 Å². The molecule has 6 nitrogen and oxygen atoms in total. The summed E-state index contributed by atoms with van der Waals surface area (Å²) in [5.41, 5.74) is 0. The van der Waals surface area contributed by atoms with Crippen LogP contribution in [0.2, 0.25) is 0 Å². The normalized spacial score (nSPS) is 12.7. The number of amides is 1. The lowest BCUT2D eigenvalue weighted by atomic mass is 10.0. The van der Waals surface area contributed by atoms with Crippen LogP contribution in [0.3, 0.4) is 0 Å². The van der Waals surface area contributed by atoms with Crippen LogP contribution in [0.1, 0.15) is 348 Å². The summed E-state index contributed by atoms with van der Waals surface area (Å²) in [6.45, 7) is 4.91. The van der Waals surface area contributed by atoms with E-state index in [1.807, 2.05) is 0 Å². The van der Waals surface area contributed by atoms with Crippen LogP contribution < -0.4 is 5.32 Å². The van der Waals surface area contributed by atoms with Crippen LogP contribution in [0.25, 0.3) is 0 Å². The summed E-state index contributed by atoms with van der Waals surface area (Å²) in [6.07, 6.45) is 73.2. The largest absolute Gasteiger partial charge is 0.466 e. The Morgan fingerprint density at radius 2 is 0.714 bits per heavy atom. The highest BCUT2D eigenvalue weighted by atomic mass is 16.5. The highest BCUT2D eigenvalue weighted by Crippen LogP contribution is 2.18. The van der Waals surface area contributed by atoms with Crippen molar-refractivity contribution in [2.45, 2.75) is 360 Å². The van der Waals surface area contributed by atoms with Crippen LogP contribution in [0.5, 0.6) is 0 Å². The first kappa shape index (κ1) is 68.3. The molecule has 0 rings (SSSR count). The molecule has 0 aliphatic heterocycles. The van der Waals surface area contributed by atoms with Gasteiger partial charge in [0.2, 0.25) is 5.91 Å². The summed E-state index contributed by atoms with van der Waals surface area (Å²) in [4.78, 5) is 24.6. The Bertz CT molecular complexity index is 1090. The zero-order chi connectivity index (χ0) is 50.7. The maximum atomic E-state index is 12.5. The molecule has 6 heteroatoms. The van der Waals surface area contributed by atoms with Gasteiger partial charge in [0.05, 0.1) is 25.4 Å². The number of hydrogen-bond acceptors (Lipinski definition) is 5.